The van der Waals surface area contributed by atoms with Gasteiger partial charge in [-0.05, 0) is 148 Å². The summed E-state index contributed by atoms with van der Waals surface area (Å²) in [5, 5.41) is 0. The minimum absolute atomic E-state index is 0.143. The maximum absolute atomic E-state index is 12.8. The lowest BCUT2D eigenvalue weighted by atomic mass is 10.1. The Hall–Kier alpha value is -5.75. The van der Waals surface area contributed by atoms with Crippen molar-refractivity contribution in [1.82, 2.24) is 0 Å². The summed E-state index contributed by atoms with van der Waals surface area (Å²) in [6, 6.07) is 0. The molecule has 75 heavy (non-hydrogen) atoms. The van der Waals surface area contributed by atoms with Crippen molar-refractivity contribution >= 4 is 17.9 Å². The Morgan fingerprint density at radius 3 is 0.773 bits per heavy atom. The molecule has 0 aliphatic rings. The first-order chi connectivity index (χ1) is 37.0. The Labute approximate surface area is 458 Å². The molecule has 0 aromatic heterocycles. The minimum atomic E-state index is -0.853. The van der Waals surface area contributed by atoms with Gasteiger partial charge >= 0.3 is 17.9 Å². The highest BCUT2D eigenvalue weighted by atomic mass is 16.6. The third kappa shape index (κ3) is 59.0. The Bertz CT molecular complexity index is 1850. The van der Waals surface area contributed by atoms with Crippen molar-refractivity contribution in [2.45, 2.75) is 207 Å². The second kappa shape index (κ2) is 60.8. The molecule has 0 saturated heterocycles. The summed E-state index contributed by atoms with van der Waals surface area (Å²) in [5.74, 6) is -1.10. The Morgan fingerprint density at radius 2 is 0.507 bits per heavy atom. The van der Waals surface area contributed by atoms with Gasteiger partial charge in [-0.3, -0.25) is 14.4 Å². The number of rotatable bonds is 49. The predicted molar refractivity (Wildman–Crippen MR) is 324 cm³/mol. The minimum Gasteiger partial charge on any atom is -0.462 e. The van der Waals surface area contributed by atoms with Crippen LogP contribution in [0.25, 0.3) is 0 Å². The number of carbonyl (C=O) groups excluding carboxylic acids is 3. The molecule has 0 N–H and O–H groups in total. The first-order valence-electron chi connectivity index (χ1n) is 28.9. The second-order valence-electron chi connectivity index (χ2n) is 18.0. The van der Waals surface area contributed by atoms with Gasteiger partial charge in [0, 0.05) is 19.3 Å². The molecule has 0 spiro atoms. The zero-order valence-electron chi connectivity index (χ0n) is 47.2. The molecule has 0 saturated carbocycles. The number of hydrogen-bond acceptors (Lipinski definition) is 6. The van der Waals surface area contributed by atoms with Crippen molar-refractivity contribution in [2.75, 3.05) is 13.2 Å². The van der Waals surface area contributed by atoms with Gasteiger partial charge < -0.3 is 14.2 Å². The second-order valence-corrected chi connectivity index (χ2v) is 18.0. The monoisotopic (exact) mass is 1030 g/mol. The van der Waals surface area contributed by atoms with E-state index in [-0.39, 0.29) is 38.0 Å². The highest BCUT2D eigenvalue weighted by Gasteiger charge is 2.19. The molecular formula is C69H102O6. The van der Waals surface area contributed by atoms with Gasteiger partial charge in [0.2, 0.25) is 0 Å². The first kappa shape index (κ1) is 69.2. The van der Waals surface area contributed by atoms with Crippen molar-refractivity contribution in [2.24, 2.45) is 0 Å². The molecule has 6 nitrogen and oxygen atoms in total. The molecule has 0 fully saturated rings. The van der Waals surface area contributed by atoms with Crippen LogP contribution in [0.1, 0.15) is 201 Å². The molecule has 1 unspecified atom stereocenters. The van der Waals surface area contributed by atoms with Crippen LogP contribution >= 0.6 is 0 Å². The summed E-state index contributed by atoms with van der Waals surface area (Å²) < 4.78 is 16.7. The van der Waals surface area contributed by atoms with E-state index < -0.39 is 12.1 Å². The van der Waals surface area contributed by atoms with E-state index in [4.69, 9.17) is 14.2 Å². The number of carbonyl (C=O) groups is 3. The van der Waals surface area contributed by atoms with Gasteiger partial charge in [0.05, 0.1) is 0 Å². The molecule has 1 atom stereocenters. The zero-order valence-corrected chi connectivity index (χ0v) is 47.2. The molecule has 414 valence electrons. The molecule has 6 heteroatoms. The summed E-state index contributed by atoms with van der Waals surface area (Å²) >= 11 is 0. The maximum atomic E-state index is 12.8. The number of unbranched alkanes of at least 4 members (excludes halogenated alkanes) is 6. The number of esters is 3. The van der Waals surface area contributed by atoms with E-state index in [1.807, 2.05) is 12.2 Å². The standard InChI is InChI=1S/C69H102O6/c1-4-7-10-13-16-19-22-25-26-27-28-29-30-31-32-33-34-35-36-37-38-39-40-41-42-45-47-50-53-56-59-62-68(71)74-65-66(75-69(72)63-60-57-54-51-48-44-24-21-18-15-12-9-6-3)64-73-67(70)61-58-55-52-49-46-43-23-20-17-14-11-8-5-2/h7-12,16-21,25-26,28-29,31-32,34-35,37-38,40-41,43-48,54,57,66H,4-6,13-15,22-24,27,30,33,36,39,42,49-53,55-56,58-65H2,1-3H3/b10-7-,11-8-,12-9-,19-16-,20-17-,21-18-,26-25-,29-28-,32-31-,35-34-,38-37-,41-40-,46-43-,47-45-,48-44-,57-54-. The fourth-order valence-corrected chi connectivity index (χ4v) is 6.87. The van der Waals surface area contributed by atoms with Gasteiger partial charge in [0.15, 0.2) is 6.10 Å². The van der Waals surface area contributed by atoms with E-state index in [2.05, 4.69) is 203 Å². The van der Waals surface area contributed by atoms with Crippen LogP contribution in [0.5, 0.6) is 0 Å². The molecule has 0 rings (SSSR count). The normalized spacial score (nSPS) is 13.6. The van der Waals surface area contributed by atoms with Gasteiger partial charge in [-0.1, -0.05) is 228 Å². The third-order valence-corrected chi connectivity index (χ3v) is 11.1. The fourth-order valence-electron chi connectivity index (χ4n) is 6.87. The summed E-state index contributed by atoms with van der Waals surface area (Å²) in [4.78, 5) is 38.0. The smallest absolute Gasteiger partial charge is 0.306 e. The van der Waals surface area contributed by atoms with Crippen molar-refractivity contribution in [3.8, 4) is 0 Å². The quantitative estimate of drug-likeness (QED) is 0.0261. The number of hydrogen-bond donors (Lipinski definition) is 0. The van der Waals surface area contributed by atoms with Crippen LogP contribution in [-0.2, 0) is 28.6 Å². The largest absolute Gasteiger partial charge is 0.462 e. The molecule has 0 radical (unpaired) electrons. The van der Waals surface area contributed by atoms with Crippen LogP contribution in [-0.4, -0.2) is 37.2 Å². The number of allylic oxidation sites excluding steroid dienone is 32. The van der Waals surface area contributed by atoms with Crippen LogP contribution < -0.4 is 0 Å². The molecule has 0 bridgehead atoms. The Morgan fingerprint density at radius 1 is 0.267 bits per heavy atom. The van der Waals surface area contributed by atoms with Crippen LogP contribution in [0.4, 0.5) is 0 Å². The molecule has 0 amide bonds. The average Bonchev–Trinajstić information content (AvgIpc) is 3.41. The van der Waals surface area contributed by atoms with E-state index in [1.54, 1.807) is 0 Å². The van der Waals surface area contributed by atoms with Crippen molar-refractivity contribution in [3.63, 3.8) is 0 Å². The molecule has 0 aliphatic carbocycles. The van der Waals surface area contributed by atoms with Gasteiger partial charge in [-0.2, -0.15) is 0 Å². The SMILES string of the molecule is CC/C=C\C/C=C\C/C=C\C/C=C\C/C=C\C/C=C\C/C=C\C/C=C\C/C=C\CCCCCC(=O)OCC(COC(=O)CCCCC/C=C\C/C=C\C/C=C\CC)OC(=O)CC/C=C\C/C=C\C/C=C\C/C=C\CC. The van der Waals surface area contributed by atoms with Gasteiger partial charge in [-0.25, -0.2) is 0 Å². The average molecular weight is 1030 g/mol. The zero-order chi connectivity index (χ0) is 54.3. The van der Waals surface area contributed by atoms with Gasteiger partial charge in [0.1, 0.15) is 13.2 Å². The maximum Gasteiger partial charge on any atom is 0.306 e. The highest BCUT2D eigenvalue weighted by molar-refractivity contribution is 5.71. The van der Waals surface area contributed by atoms with E-state index in [0.29, 0.717) is 12.8 Å². The lowest BCUT2D eigenvalue weighted by molar-refractivity contribution is -0.166. The molecule has 0 heterocycles. The van der Waals surface area contributed by atoms with E-state index in [1.165, 1.54) is 0 Å². The lowest BCUT2D eigenvalue weighted by Crippen LogP contribution is -2.30. The number of ether oxygens (including phenoxy) is 3. The van der Waals surface area contributed by atoms with E-state index in [0.717, 1.165) is 154 Å². The fraction of sp³-hybridized carbons (Fsp3) is 0.493. The Kier molecular flexibility index (Phi) is 56.1. The summed E-state index contributed by atoms with van der Waals surface area (Å²) in [6.45, 7) is 6.14. The van der Waals surface area contributed by atoms with Crippen LogP contribution in [0.15, 0.2) is 194 Å². The summed E-state index contributed by atoms with van der Waals surface area (Å²) in [5.41, 5.74) is 0. The third-order valence-electron chi connectivity index (χ3n) is 11.1. The van der Waals surface area contributed by atoms with Gasteiger partial charge in [-0.15, -0.1) is 0 Å². The van der Waals surface area contributed by atoms with E-state index >= 15 is 0 Å². The molecule has 0 aromatic carbocycles. The molecule has 0 aromatic rings. The van der Waals surface area contributed by atoms with Crippen LogP contribution in [0.2, 0.25) is 0 Å². The van der Waals surface area contributed by atoms with Crippen molar-refractivity contribution < 1.29 is 28.6 Å². The van der Waals surface area contributed by atoms with Crippen LogP contribution in [0, 0.1) is 0 Å². The lowest BCUT2D eigenvalue weighted by Gasteiger charge is -2.18. The Balaban J connectivity index is 4.45. The highest BCUT2D eigenvalue weighted by Crippen LogP contribution is 2.10. The van der Waals surface area contributed by atoms with Crippen molar-refractivity contribution in [3.05, 3.63) is 194 Å². The van der Waals surface area contributed by atoms with Crippen molar-refractivity contribution in [1.29, 1.82) is 0 Å². The van der Waals surface area contributed by atoms with Gasteiger partial charge in [0.25, 0.3) is 0 Å². The predicted octanol–water partition coefficient (Wildman–Crippen LogP) is 19.9. The summed E-state index contributed by atoms with van der Waals surface area (Å²) in [6.07, 6.45) is 93.1. The molecule has 0 aliphatic heterocycles. The topological polar surface area (TPSA) is 78.9 Å². The first-order valence-corrected chi connectivity index (χ1v) is 28.9. The van der Waals surface area contributed by atoms with Crippen LogP contribution in [0.3, 0.4) is 0 Å². The molecular weight excluding hydrogens is 925 g/mol. The van der Waals surface area contributed by atoms with E-state index in [9.17, 15) is 14.4 Å². The summed E-state index contributed by atoms with van der Waals surface area (Å²) in [7, 11) is 0.